The maximum atomic E-state index is 3.68. The minimum absolute atomic E-state index is 0.525. The molecule has 1 rings (SSSR count). The molecule has 1 aromatic heterocycles. The monoisotopic (exact) mass is 125 g/mol. The van der Waals surface area contributed by atoms with Gasteiger partial charge in [0, 0.05) is 14.1 Å². The van der Waals surface area contributed by atoms with E-state index in [2.05, 4.69) is 20.4 Å². The standard InChI is InChI=1S/C4H7N5/c1-5-7-4-8-6-3-9(4)2/h3H,1-2H3. The highest BCUT2D eigenvalue weighted by Gasteiger charge is 1.93. The van der Waals surface area contributed by atoms with Gasteiger partial charge in [-0.15, -0.1) is 15.3 Å². The van der Waals surface area contributed by atoms with Crippen LogP contribution in [0.4, 0.5) is 5.95 Å². The fourth-order valence-corrected chi connectivity index (χ4v) is 0.457. The summed E-state index contributed by atoms with van der Waals surface area (Å²) in [6, 6.07) is 0. The van der Waals surface area contributed by atoms with Crippen molar-refractivity contribution in [2.45, 2.75) is 0 Å². The van der Waals surface area contributed by atoms with Crippen molar-refractivity contribution in [2.24, 2.45) is 17.3 Å². The Kier molecular flexibility index (Phi) is 1.53. The fraction of sp³-hybridized carbons (Fsp3) is 0.500. The molecule has 0 amide bonds. The minimum Gasteiger partial charge on any atom is -0.300 e. The van der Waals surface area contributed by atoms with Gasteiger partial charge in [-0.25, -0.2) is 0 Å². The van der Waals surface area contributed by atoms with Gasteiger partial charge in [0.2, 0.25) is 0 Å². The highest BCUT2D eigenvalue weighted by atomic mass is 15.3. The lowest BCUT2D eigenvalue weighted by molar-refractivity contribution is 0.887. The van der Waals surface area contributed by atoms with Gasteiger partial charge in [0.15, 0.2) is 0 Å². The molecular weight excluding hydrogens is 118 g/mol. The van der Waals surface area contributed by atoms with E-state index >= 15 is 0 Å². The Balaban J connectivity index is 2.94. The van der Waals surface area contributed by atoms with Gasteiger partial charge in [-0.05, 0) is 0 Å². The zero-order valence-corrected chi connectivity index (χ0v) is 5.31. The van der Waals surface area contributed by atoms with Crippen molar-refractivity contribution in [3.8, 4) is 0 Å². The van der Waals surface area contributed by atoms with Gasteiger partial charge in [0.1, 0.15) is 6.33 Å². The molecule has 0 bridgehead atoms. The number of azo groups is 1. The van der Waals surface area contributed by atoms with Crippen LogP contribution in [0, 0.1) is 0 Å². The van der Waals surface area contributed by atoms with E-state index in [0.29, 0.717) is 5.95 Å². The van der Waals surface area contributed by atoms with Gasteiger partial charge in [-0.2, -0.15) is 5.11 Å². The lowest BCUT2D eigenvalue weighted by atomic mass is 11.0. The van der Waals surface area contributed by atoms with E-state index in [1.807, 2.05) is 7.05 Å². The largest absolute Gasteiger partial charge is 0.300 e. The molecule has 0 radical (unpaired) electrons. The second kappa shape index (κ2) is 2.34. The summed E-state index contributed by atoms with van der Waals surface area (Å²) in [5, 5.41) is 14.5. The molecule has 0 saturated carbocycles. The minimum atomic E-state index is 0.525. The third-order valence-corrected chi connectivity index (χ3v) is 0.877. The molecule has 0 aliphatic heterocycles. The third-order valence-electron chi connectivity index (χ3n) is 0.877. The summed E-state index contributed by atoms with van der Waals surface area (Å²) in [6.07, 6.45) is 1.57. The van der Waals surface area contributed by atoms with Gasteiger partial charge in [0.25, 0.3) is 5.95 Å². The molecule has 5 heteroatoms. The van der Waals surface area contributed by atoms with Crippen LogP contribution in [-0.2, 0) is 7.05 Å². The topological polar surface area (TPSA) is 55.4 Å². The predicted molar refractivity (Wildman–Crippen MR) is 31.4 cm³/mol. The maximum absolute atomic E-state index is 3.68. The van der Waals surface area contributed by atoms with Gasteiger partial charge < -0.3 is 4.57 Å². The summed E-state index contributed by atoms with van der Waals surface area (Å²) in [4.78, 5) is 0. The Labute approximate surface area is 52.4 Å². The van der Waals surface area contributed by atoms with Crippen LogP contribution in [0.3, 0.4) is 0 Å². The first-order valence-electron chi connectivity index (χ1n) is 2.48. The molecule has 5 nitrogen and oxygen atoms in total. The van der Waals surface area contributed by atoms with Crippen molar-refractivity contribution in [1.82, 2.24) is 14.8 Å². The summed E-state index contributed by atoms with van der Waals surface area (Å²) < 4.78 is 1.69. The van der Waals surface area contributed by atoms with E-state index < -0.39 is 0 Å². The Morgan fingerprint density at radius 3 is 2.89 bits per heavy atom. The number of aryl methyl sites for hydroxylation is 1. The Morgan fingerprint density at radius 2 is 2.44 bits per heavy atom. The Hall–Kier alpha value is -1.26. The van der Waals surface area contributed by atoms with Crippen molar-refractivity contribution in [3.63, 3.8) is 0 Å². The highest BCUT2D eigenvalue weighted by Crippen LogP contribution is 2.02. The molecular formula is C4H7N5. The summed E-state index contributed by atoms with van der Waals surface area (Å²) >= 11 is 0. The summed E-state index contributed by atoms with van der Waals surface area (Å²) in [5.41, 5.74) is 0. The average Bonchev–Trinajstić information content (AvgIpc) is 2.18. The molecule has 0 atom stereocenters. The van der Waals surface area contributed by atoms with E-state index in [0.717, 1.165) is 0 Å². The fourth-order valence-electron chi connectivity index (χ4n) is 0.457. The lowest BCUT2D eigenvalue weighted by Gasteiger charge is -1.85. The van der Waals surface area contributed by atoms with Crippen molar-refractivity contribution >= 4 is 5.95 Å². The molecule has 0 spiro atoms. The van der Waals surface area contributed by atoms with E-state index in [4.69, 9.17) is 0 Å². The average molecular weight is 125 g/mol. The van der Waals surface area contributed by atoms with Crippen molar-refractivity contribution in [2.75, 3.05) is 7.05 Å². The van der Waals surface area contributed by atoms with Crippen molar-refractivity contribution in [3.05, 3.63) is 6.33 Å². The highest BCUT2D eigenvalue weighted by molar-refractivity contribution is 5.09. The zero-order valence-electron chi connectivity index (χ0n) is 5.31. The molecule has 9 heavy (non-hydrogen) atoms. The van der Waals surface area contributed by atoms with Crippen LogP contribution in [0.2, 0.25) is 0 Å². The van der Waals surface area contributed by atoms with Crippen LogP contribution in [0.5, 0.6) is 0 Å². The second-order valence-electron chi connectivity index (χ2n) is 1.54. The molecule has 0 N–H and O–H groups in total. The summed E-state index contributed by atoms with van der Waals surface area (Å²) in [7, 11) is 3.40. The van der Waals surface area contributed by atoms with Gasteiger partial charge >= 0.3 is 0 Å². The third kappa shape index (κ3) is 1.10. The van der Waals surface area contributed by atoms with Crippen molar-refractivity contribution < 1.29 is 0 Å². The molecule has 1 aromatic rings. The van der Waals surface area contributed by atoms with Crippen LogP contribution < -0.4 is 0 Å². The van der Waals surface area contributed by atoms with Crippen LogP contribution in [0.1, 0.15) is 0 Å². The second-order valence-corrected chi connectivity index (χ2v) is 1.54. The van der Waals surface area contributed by atoms with E-state index in [1.165, 1.54) is 0 Å². The van der Waals surface area contributed by atoms with Crippen molar-refractivity contribution in [1.29, 1.82) is 0 Å². The summed E-state index contributed by atoms with van der Waals surface area (Å²) in [6.45, 7) is 0. The van der Waals surface area contributed by atoms with Gasteiger partial charge in [0.05, 0.1) is 0 Å². The quantitative estimate of drug-likeness (QED) is 0.514. The molecule has 1 heterocycles. The van der Waals surface area contributed by atoms with Crippen LogP contribution in [0.15, 0.2) is 16.6 Å². The summed E-state index contributed by atoms with van der Waals surface area (Å²) in [5.74, 6) is 0.525. The molecule has 48 valence electrons. The van der Waals surface area contributed by atoms with Crippen LogP contribution >= 0.6 is 0 Å². The number of hydrogen-bond acceptors (Lipinski definition) is 4. The smallest absolute Gasteiger partial charge is 0.269 e. The maximum Gasteiger partial charge on any atom is 0.269 e. The van der Waals surface area contributed by atoms with Crippen LogP contribution in [0.25, 0.3) is 0 Å². The van der Waals surface area contributed by atoms with E-state index in [-0.39, 0.29) is 0 Å². The normalized spacial score (nSPS) is 10.9. The van der Waals surface area contributed by atoms with E-state index in [9.17, 15) is 0 Å². The molecule has 0 saturated heterocycles. The van der Waals surface area contributed by atoms with Crippen LogP contribution in [-0.4, -0.2) is 21.8 Å². The first-order chi connectivity index (χ1) is 4.34. The number of nitrogens with zero attached hydrogens (tertiary/aromatic N) is 5. The zero-order chi connectivity index (χ0) is 6.69. The van der Waals surface area contributed by atoms with Gasteiger partial charge in [-0.3, -0.25) is 0 Å². The lowest BCUT2D eigenvalue weighted by Crippen LogP contribution is -1.81. The predicted octanol–water partition coefficient (Wildman–Crippen LogP) is 0.529. The number of aromatic nitrogens is 3. The Morgan fingerprint density at radius 1 is 1.67 bits per heavy atom. The molecule has 0 fully saturated rings. The number of hydrogen-bond donors (Lipinski definition) is 0. The Bertz CT molecular complexity index is 212. The first kappa shape index (κ1) is 5.87. The molecule has 0 aromatic carbocycles. The molecule has 0 unspecified atom stereocenters. The van der Waals surface area contributed by atoms with E-state index in [1.54, 1.807) is 17.9 Å². The SMILES string of the molecule is CN=Nc1nncn1C. The molecule has 0 aliphatic rings. The van der Waals surface area contributed by atoms with Gasteiger partial charge in [-0.1, -0.05) is 0 Å². The molecule has 0 aliphatic carbocycles. The number of rotatable bonds is 1. The first-order valence-corrected chi connectivity index (χ1v) is 2.48.